The second-order valence-corrected chi connectivity index (χ2v) is 8.30. The molecule has 110 valence electrons. The smallest absolute Gasteiger partial charge is 0.239 e. The van der Waals surface area contributed by atoms with Gasteiger partial charge in [-0.15, -0.1) is 0 Å². The molecule has 2 aliphatic heterocycles. The van der Waals surface area contributed by atoms with Crippen molar-refractivity contribution >= 4 is 15.7 Å². The lowest BCUT2D eigenvalue weighted by molar-refractivity contribution is -0.136. The number of likely N-dealkylation sites (tertiary alicyclic amines) is 1. The third-order valence-electron chi connectivity index (χ3n) is 4.46. The first-order chi connectivity index (χ1) is 8.80. The van der Waals surface area contributed by atoms with Crippen molar-refractivity contribution < 1.29 is 13.2 Å². The van der Waals surface area contributed by atoms with E-state index in [9.17, 15) is 13.2 Å². The minimum Gasteiger partial charge on any atom is -0.340 e. The maximum absolute atomic E-state index is 12.4. The molecule has 2 heterocycles. The Morgan fingerprint density at radius 2 is 2.05 bits per heavy atom. The van der Waals surface area contributed by atoms with Gasteiger partial charge < -0.3 is 4.90 Å². The standard InChI is InChI=1S/C13H24N2O3S/c1-10-4-6-15(8-10)11(2)13(16)14(3)12-5-7-19(17,18)9-12/h10-12H,4-9H2,1-3H3/t10-,11+,12+/m1/s1. The van der Waals surface area contributed by atoms with E-state index in [1.54, 1.807) is 11.9 Å². The molecule has 0 bridgehead atoms. The fourth-order valence-corrected chi connectivity index (χ4v) is 4.81. The van der Waals surface area contributed by atoms with Crippen molar-refractivity contribution in [1.82, 2.24) is 9.80 Å². The summed E-state index contributed by atoms with van der Waals surface area (Å²) in [7, 11) is -1.20. The predicted molar refractivity (Wildman–Crippen MR) is 74.6 cm³/mol. The van der Waals surface area contributed by atoms with E-state index in [1.807, 2.05) is 6.92 Å². The molecule has 0 saturated carbocycles. The van der Waals surface area contributed by atoms with Crippen LogP contribution < -0.4 is 0 Å². The molecule has 0 aromatic carbocycles. The van der Waals surface area contributed by atoms with Gasteiger partial charge in [0.25, 0.3) is 0 Å². The summed E-state index contributed by atoms with van der Waals surface area (Å²) >= 11 is 0. The van der Waals surface area contributed by atoms with Crippen LogP contribution in [0.1, 0.15) is 26.7 Å². The maximum Gasteiger partial charge on any atom is 0.239 e. The quantitative estimate of drug-likeness (QED) is 0.752. The number of hydrogen-bond donors (Lipinski definition) is 0. The maximum atomic E-state index is 12.4. The molecule has 2 rings (SSSR count). The first-order valence-corrected chi connectivity index (χ1v) is 8.83. The molecule has 0 N–H and O–H groups in total. The number of hydrogen-bond acceptors (Lipinski definition) is 4. The zero-order valence-electron chi connectivity index (χ0n) is 12.0. The molecule has 3 atom stereocenters. The van der Waals surface area contributed by atoms with Gasteiger partial charge in [0, 0.05) is 19.6 Å². The Morgan fingerprint density at radius 3 is 2.53 bits per heavy atom. The van der Waals surface area contributed by atoms with Crippen molar-refractivity contribution in [2.75, 3.05) is 31.6 Å². The van der Waals surface area contributed by atoms with E-state index in [1.165, 1.54) is 0 Å². The number of rotatable bonds is 3. The Kier molecular flexibility index (Phi) is 4.20. The van der Waals surface area contributed by atoms with Gasteiger partial charge in [-0.2, -0.15) is 0 Å². The molecule has 2 saturated heterocycles. The first kappa shape index (κ1) is 14.8. The van der Waals surface area contributed by atoms with E-state index in [4.69, 9.17) is 0 Å². The van der Waals surface area contributed by atoms with Crippen LogP contribution in [0.15, 0.2) is 0 Å². The normalized spacial score (nSPS) is 32.4. The van der Waals surface area contributed by atoms with Gasteiger partial charge in [-0.25, -0.2) is 8.42 Å². The largest absolute Gasteiger partial charge is 0.340 e. The van der Waals surface area contributed by atoms with Crippen LogP contribution in [0.4, 0.5) is 0 Å². The monoisotopic (exact) mass is 288 g/mol. The first-order valence-electron chi connectivity index (χ1n) is 7.01. The lowest BCUT2D eigenvalue weighted by Gasteiger charge is -2.31. The summed E-state index contributed by atoms with van der Waals surface area (Å²) in [6.07, 6.45) is 1.72. The molecule has 0 unspecified atom stereocenters. The summed E-state index contributed by atoms with van der Waals surface area (Å²) in [6, 6.07) is -0.279. The number of likely N-dealkylation sites (N-methyl/N-ethyl adjacent to an activating group) is 1. The summed E-state index contributed by atoms with van der Waals surface area (Å²) in [5.41, 5.74) is 0. The summed E-state index contributed by atoms with van der Waals surface area (Å²) in [5.74, 6) is 1.03. The Labute approximate surface area is 115 Å². The molecule has 0 radical (unpaired) electrons. The number of sulfone groups is 1. The van der Waals surface area contributed by atoms with Gasteiger partial charge in [0.15, 0.2) is 9.84 Å². The van der Waals surface area contributed by atoms with Crippen LogP contribution in [0.5, 0.6) is 0 Å². The minimum atomic E-state index is -2.94. The van der Waals surface area contributed by atoms with Gasteiger partial charge in [-0.05, 0) is 32.2 Å². The Balaban J connectivity index is 1.95. The lowest BCUT2D eigenvalue weighted by Crippen LogP contribution is -2.48. The highest BCUT2D eigenvalue weighted by atomic mass is 32.2. The highest BCUT2D eigenvalue weighted by Gasteiger charge is 2.36. The molecular weight excluding hydrogens is 264 g/mol. The van der Waals surface area contributed by atoms with E-state index < -0.39 is 9.84 Å². The number of carbonyl (C=O) groups excluding carboxylic acids is 1. The molecule has 0 aromatic rings. The Morgan fingerprint density at radius 1 is 1.37 bits per heavy atom. The molecular formula is C13H24N2O3S. The van der Waals surface area contributed by atoms with Gasteiger partial charge in [-0.1, -0.05) is 6.92 Å². The predicted octanol–water partition coefficient (Wildman–Crippen LogP) is 0.362. The van der Waals surface area contributed by atoms with E-state index in [0.717, 1.165) is 19.5 Å². The fraction of sp³-hybridized carbons (Fsp3) is 0.923. The van der Waals surface area contributed by atoms with Crippen LogP contribution >= 0.6 is 0 Å². The molecule has 2 aliphatic rings. The topological polar surface area (TPSA) is 57.7 Å². The lowest BCUT2D eigenvalue weighted by atomic mass is 10.1. The third kappa shape index (κ3) is 3.28. The van der Waals surface area contributed by atoms with Crippen molar-refractivity contribution in [1.29, 1.82) is 0 Å². The second-order valence-electron chi connectivity index (χ2n) is 6.07. The molecule has 0 aromatic heterocycles. The third-order valence-corrected chi connectivity index (χ3v) is 6.21. The van der Waals surface area contributed by atoms with Crippen LogP contribution in [-0.4, -0.2) is 67.9 Å². The zero-order valence-corrected chi connectivity index (χ0v) is 12.8. The van der Waals surface area contributed by atoms with E-state index in [2.05, 4.69) is 11.8 Å². The molecule has 0 aliphatic carbocycles. The molecule has 2 fully saturated rings. The van der Waals surface area contributed by atoms with Crippen molar-refractivity contribution in [3.05, 3.63) is 0 Å². The van der Waals surface area contributed by atoms with Crippen molar-refractivity contribution in [2.24, 2.45) is 5.92 Å². The average Bonchev–Trinajstić information content (AvgIpc) is 2.92. The fourth-order valence-electron chi connectivity index (χ4n) is 3.03. The Hall–Kier alpha value is -0.620. The molecule has 0 spiro atoms. The van der Waals surface area contributed by atoms with E-state index in [0.29, 0.717) is 12.3 Å². The highest BCUT2D eigenvalue weighted by molar-refractivity contribution is 7.91. The number of amides is 1. The van der Waals surface area contributed by atoms with E-state index in [-0.39, 0.29) is 29.5 Å². The number of nitrogens with zero attached hydrogens (tertiary/aromatic N) is 2. The SMILES string of the molecule is C[C@@H]1CCN([C@@H](C)C(=O)N(C)[C@H]2CCS(=O)(=O)C2)C1. The molecule has 19 heavy (non-hydrogen) atoms. The molecule has 5 nitrogen and oxygen atoms in total. The van der Waals surface area contributed by atoms with Crippen LogP contribution in [0.3, 0.4) is 0 Å². The van der Waals surface area contributed by atoms with Crippen molar-refractivity contribution in [2.45, 2.75) is 38.8 Å². The highest BCUT2D eigenvalue weighted by Crippen LogP contribution is 2.21. The Bertz CT molecular complexity index is 449. The van der Waals surface area contributed by atoms with Crippen molar-refractivity contribution in [3.8, 4) is 0 Å². The summed E-state index contributed by atoms with van der Waals surface area (Å²) in [4.78, 5) is 16.3. The van der Waals surface area contributed by atoms with Gasteiger partial charge >= 0.3 is 0 Å². The number of carbonyl (C=O) groups is 1. The molecule has 1 amide bonds. The second kappa shape index (κ2) is 5.40. The van der Waals surface area contributed by atoms with Gasteiger partial charge in [0.05, 0.1) is 17.5 Å². The average molecular weight is 288 g/mol. The van der Waals surface area contributed by atoms with E-state index >= 15 is 0 Å². The van der Waals surface area contributed by atoms with Crippen LogP contribution in [0.25, 0.3) is 0 Å². The van der Waals surface area contributed by atoms with Crippen LogP contribution in [0.2, 0.25) is 0 Å². The minimum absolute atomic E-state index is 0.0520. The van der Waals surface area contributed by atoms with Gasteiger partial charge in [0.1, 0.15) is 0 Å². The zero-order chi connectivity index (χ0) is 14.2. The van der Waals surface area contributed by atoms with Gasteiger partial charge in [-0.3, -0.25) is 9.69 Å². The summed E-state index contributed by atoms with van der Waals surface area (Å²) in [6.45, 7) is 6.05. The van der Waals surface area contributed by atoms with Crippen LogP contribution in [0, 0.1) is 5.92 Å². The van der Waals surface area contributed by atoms with Gasteiger partial charge in [0.2, 0.25) is 5.91 Å². The summed E-state index contributed by atoms with van der Waals surface area (Å²) < 4.78 is 23.0. The summed E-state index contributed by atoms with van der Waals surface area (Å²) in [5, 5.41) is 0. The van der Waals surface area contributed by atoms with Crippen molar-refractivity contribution in [3.63, 3.8) is 0 Å². The molecule has 6 heteroatoms. The van der Waals surface area contributed by atoms with Crippen LogP contribution in [-0.2, 0) is 14.6 Å².